The number of para-hydroxylation sites is 1. The second-order valence-electron chi connectivity index (χ2n) is 4.51. The average molecular weight is 313 g/mol. The first-order valence-corrected chi connectivity index (χ1v) is 6.93. The first kappa shape index (κ1) is 14.9. The van der Waals surface area contributed by atoms with Crippen molar-refractivity contribution in [2.24, 2.45) is 5.92 Å². The molecule has 1 atom stereocenters. The van der Waals surface area contributed by atoms with Gasteiger partial charge in [0, 0.05) is 19.5 Å². The molecule has 1 aliphatic rings. The summed E-state index contributed by atoms with van der Waals surface area (Å²) in [6, 6.07) is 5.05. The summed E-state index contributed by atoms with van der Waals surface area (Å²) < 4.78 is 0. The molecule has 1 fully saturated rings. The molecule has 0 radical (unpaired) electrons. The van der Waals surface area contributed by atoms with Crippen molar-refractivity contribution in [2.75, 3.05) is 18.0 Å². The summed E-state index contributed by atoms with van der Waals surface area (Å²) in [5.41, 5.74) is 0.472. The van der Waals surface area contributed by atoms with Gasteiger partial charge in [0.15, 0.2) is 0 Å². The molecule has 1 unspecified atom stereocenters. The molecule has 0 saturated carbocycles. The van der Waals surface area contributed by atoms with Crippen LogP contribution in [0, 0.1) is 5.92 Å². The van der Waals surface area contributed by atoms with E-state index in [-0.39, 0.29) is 24.8 Å². The summed E-state index contributed by atoms with van der Waals surface area (Å²) >= 11 is 12.2. The largest absolute Gasteiger partial charge is 0.352 e. The molecular formula is C14H14Cl2N2O2. The van der Waals surface area contributed by atoms with Crippen LogP contribution in [0.15, 0.2) is 30.9 Å². The number of carbonyl (C=O) groups is 2. The third-order valence-corrected chi connectivity index (χ3v) is 3.73. The van der Waals surface area contributed by atoms with Crippen molar-refractivity contribution in [3.63, 3.8) is 0 Å². The van der Waals surface area contributed by atoms with E-state index in [1.807, 2.05) is 0 Å². The number of amides is 2. The second-order valence-corrected chi connectivity index (χ2v) is 5.32. The zero-order chi connectivity index (χ0) is 14.7. The fourth-order valence-corrected chi connectivity index (χ4v) is 2.76. The highest BCUT2D eigenvalue weighted by atomic mass is 35.5. The van der Waals surface area contributed by atoms with Crippen molar-refractivity contribution < 1.29 is 9.59 Å². The fourth-order valence-electron chi connectivity index (χ4n) is 2.16. The highest BCUT2D eigenvalue weighted by molar-refractivity contribution is 6.40. The highest BCUT2D eigenvalue weighted by Crippen LogP contribution is 2.37. The van der Waals surface area contributed by atoms with Crippen molar-refractivity contribution in [1.82, 2.24) is 5.32 Å². The zero-order valence-corrected chi connectivity index (χ0v) is 12.2. The maximum absolute atomic E-state index is 12.1. The molecule has 20 heavy (non-hydrogen) atoms. The molecule has 2 rings (SSSR count). The van der Waals surface area contributed by atoms with Crippen LogP contribution in [0.1, 0.15) is 6.42 Å². The highest BCUT2D eigenvalue weighted by Gasteiger charge is 2.36. The van der Waals surface area contributed by atoms with E-state index in [0.717, 1.165) is 0 Å². The van der Waals surface area contributed by atoms with Gasteiger partial charge in [-0.15, -0.1) is 6.58 Å². The van der Waals surface area contributed by atoms with Gasteiger partial charge in [-0.3, -0.25) is 9.59 Å². The minimum atomic E-state index is -0.394. The maximum atomic E-state index is 12.1. The van der Waals surface area contributed by atoms with E-state index in [1.54, 1.807) is 24.3 Å². The van der Waals surface area contributed by atoms with Gasteiger partial charge in [-0.1, -0.05) is 35.3 Å². The molecule has 0 aliphatic carbocycles. The normalized spacial score (nSPS) is 18.2. The molecule has 1 N–H and O–H groups in total. The summed E-state index contributed by atoms with van der Waals surface area (Å²) in [6.07, 6.45) is 1.75. The molecule has 6 heteroatoms. The lowest BCUT2D eigenvalue weighted by Crippen LogP contribution is -2.33. The molecule has 1 saturated heterocycles. The molecule has 106 valence electrons. The number of nitrogens with zero attached hydrogens (tertiary/aromatic N) is 1. The van der Waals surface area contributed by atoms with Crippen molar-refractivity contribution in [1.29, 1.82) is 0 Å². The van der Waals surface area contributed by atoms with E-state index < -0.39 is 5.92 Å². The van der Waals surface area contributed by atoms with E-state index in [2.05, 4.69) is 11.9 Å². The number of hydrogen-bond acceptors (Lipinski definition) is 2. The average Bonchev–Trinajstić information content (AvgIpc) is 2.78. The number of nitrogens with one attached hydrogen (secondary N) is 1. The van der Waals surface area contributed by atoms with Gasteiger partial charge in [-0.25, -0.2) is 0 Å². The minimum absolute atomic E-state index is 0.154. The number of carbonyl (C=O) groups excluding carboxylic acids is 2. The Labute approximate surface area is 127 Å². The lowest BCUT2D eigenvalue weighted by atomic mass is 10.1. The van der Waals surface area contributed by atoms with Crippen LogP contribution in [0.3, 0.4) is 0 Å². The smallest absolute Gasteiger partial charge is 0.227 e. The predicted molar refractivity (Wildman–Crippen MR) is 80.1 cm³/mol. The monoisotopic (exact) mass is 312 g/mol. The van der Waals surface area contributed by atoms with Gasteiger partial charge in [-0.05, 0) is 12.1 Å². The van der Waals surface area contributed by atoms with Crippen molar-refractivity contribution in [3.8, 4) is 0 Å². The third-order valence-electron chi connectivity index (χ3n) is 3.12. The van der Waals surface area contributed by atoms with Gasteiger partial charge in [0.25, 0.3) is 0 Å². The summed E-state index contributed by atoms with van der Waals surface area (Å²) in [5, 5.41) is 3.50. The first-order chi connectivity index (χ1) is 9.54. The minimum Gasteiger partial charge on any atom is -0.352 e. The number of hydrogen-bond donors (Lipinski definition) is 1. The maximum Gasteiger partial charge on any atom is 0.227 e. The van der Waals surface area contributed by atoms with E-state index in [4.69, 9.17) is 23.2 Å². The second kappa shape index (κ2) is 6.29. The summed E-state index contributed by atoms with van der Waals surface area (Å²) in [4.78, 5) is 25.4. The third kappa shape index (κ3) is 2.97. The van der Waals surface area contributed by atoms with Gasteiger partial charge in [0.1, 0.15) is 0 Å². The number of rotatable bonds is 4. The van der Waals surface area contributed by atoms with Crippen molar-refractivity contribution in [3.05, 3.63) is 40.9 Å². The summed E-state index contributed by atoms with van der Waals surface area (Å²) in [5.74, 6) is -0.711. The van der Waals surface area contributed by atoms with Crippen molar-refractivity contribution in [2.45, 2.75) is 6.42 Å². The van der Waals surface area contributed by atoms with Crippen LogP contribution in [-0.4, -0.2) is 24.9 Å². The first-order valence-electron chi connectivity index (χ1n) is 6.17. The zero-order valence-electron chi connectivity index (χ0n) is 10.7. The Balaban J connectivity index is 2.17. The SMILES string of the molecule is C=CCNC(=O)C1CC(=O)N(c2c(Cl)cccc2Cl)C1. The lowest BCUT2D eigenvalue weighted by molar-refractivity contribution is -0.126. The Kier molecular flexibility index (Phi) is 4.68. The van der Waals surface area contributed by atoms with Crippen molar-refractivity contribution >= 4 is 40.7 Å². The van der Waals surface area contributed by atoms with Crippen LogP contribution < -0.4 is 10.2 Å². The molecule has 1 heterocycles. The molecule has 0 bridgehead atoms. The molecular weight excluding hydrogens is 299 g/mol. The Morgan fingerprint density at radius 2 is 2.10 bits per heavy atom. The lowest BCUT2D eigenvalue weighted by Gasteiger charge is -2.19. The molecule has 0 spiro atoms. The number of halogens is 2. The molecule has 1 aromatic carbocycles. The quantitative estimate of drug-likeness (QED) is 0.869. The van der Waals surface area contributed by atoms with Crippen LogP contribution in [0.5, 0.6) is 0 Å². The van der Waals surface area contributed by atoms with Crippen LogP contribution in [0.25, 0.3) is 0 Å². The topological polar surface area (TPSA) is 49.4 Å². The number of anilines is 1. The van der Waals surface area contributed by atoms with Gasteiger partial charge >= 0.3 is 0 Å². The van der Waals surface area contributed by atoms with Crippen LogP contribution in [0.2, 0.25) is 10.0 Å². The summed E-state index contributed by atoms with van der Waals surface area (Å²) in [6.45, 7) is 4.20. The number of benzene rings is 1. The Morgan fingerprint density at radius 1 is 1.45 bits per heavy atom. The molecule has 0 aromatic heterocycles. The van der Waals surface area contributed by atoms with E-state index in [9.17, 15) is 9.59 Å². The van der Waals surface area contributed by atoms with Crippen LogP contribution >= 0.6 is 23.2 Å². The van der Waals surface area contributed by atoms with Crippen LogP contribution in [-0.2, 0) is 9.59 Å². The van der Waals surface area contributed by atoms with Crippen LogP contribution in [0.4, 0.5) is 5.69 Å². The Hall–Kier alpha value is -1.52. The standard InChI is InChI=1S/C14H14Cl2N2O2/c1-2-6-17-14(20)9-7-12(19)18(8-9)13-10(15)4-3-5-11(13)16/h2-5,9H,1,6-8H2,(H,17,20). The molecule has 4 nitrogen and oxygen atoms in total. The van der Waals surface area contributed by atoms with Gasteiger partial charge < -0.3 is 10.2 Å². The summed E-state index contributed by atoms with van der Waals surface area (Å²) in [7, 11) is 0. The molecule has 2 amide bonds. The molecule has 1 aliphatic heterocycles. The Bertz CT molecular complexity index is 540. The predicted octanol–water partition coefficient (Wildman–Crippen LogP) is 2.65. The van der Waals surface area contributed by atoms with E-state index in [1.165, 1.54) is 4.90 Å². The van der Waals surface area contributed by atoms with E-state index in [0.29, 0.717) is 22.3 Å². The Morgan fingerprint density at radius 3 is 2.70 bits per heavy atom. The van der Waals surface area contributed by atoms with Gasteiger partial charge in [0.05, 0.1) is 21.7 Å². The molecule has 1 aromatic rings. The fraction of sp³-hybridized carbons (Fsp3) is 0.286. The van der Waals surface area contributed by atoms with Gasteiger partial charge in [0.2, 0.25) is 11.8 Å². The van der Waals surface area contributed by atoms with E-state index >= 15 is 0 Å². The van der Waals surface area contributed by atoms with Gasteiger partial charge in [-0.2, -0.15) is 0 Å².